The average Bonchev–Trinajstić information content (AvgIpc) is 2.55. The first kappa shape index (κ1) is 17.4. The van der Waals surface area contributed by atoms with Crippen molar-refractivity contribution in [3.8, 4) is 0 Å². The molecule has 0 aromatic heterocycles. The Bertz CT molecular complexity index is 750. The molecule has 6 nitrogen and oxygen atoms in total. The minimum atomic E-state index is -0.431. The van der Waals surface area contributed by atoms with Gasteiger partial charge in [-0.05, 0) is 34.2 Å². The average molecular weight is 440 g/mol. The van der Waals surface area contributed by atoms with E-state index in [1.54, 1.807) is 6.07 Å². The van der Waals surface area contributed by atoms with Crippen molar-refractivity contribution in [1.82, 2.24) is 0 Å². The summed E-state index contributed by atoms with van der Waals surface area (Å²) >= 11 is 3.42. The van der Waals surface area contributed by atoms with Crippen molar-refractivity contribution in [3.63, 3.8) is 0 Å². The maximum atomic E-state index is 10.7. The molecule has 0 bridgehead atoms. The van der Waals surface area contributed by atoms with Gasteiger partial charge < -0.3 is 5.73 Å². The van der Waals surface area contributed by atoms with Crippen LogP contribution >= 0.6 is 34.4 Å². The molecule has 2 aromatic rings. The van der Waals surface area contributed by atoms with E-state index in [1.165, 1.54) is 30.1 Å². The van der Waals surface area contributed by atoms with Gasteiger partial charge in [0, 0.05) is 27.0 Å². The standard InChI is InChI=1S/C15H13IN4O2S/c16-14-8-13(20(21)22)7-6-12(14)9-18-19-15(17)23-10-11-4-2-1-3-5-11/h1-9H,10H2,(H2,17,19). The summed E-state index contributed by atoms with van der Waals surface area (Å²) in [6, 6.07) is 14.5. The molecule has 0 amide bonds. The number of nitro benzene ring substituents is 1. The molecule has 0 heterocycles. The predicted molar refractivity (Wildman–Crippen MR) is 103 cm³/mol. The van der Waals surface area contributed by atoms with E-state index in [9.17, 15) is 10.1 Å². The lowest BCUT2D eigenvalue weighted by Gasteiger charge is -1.99. The number of thioether (sulfide) groups is 1. The van der Waals surface area contributed by atoms with Gasteiger partial charge in [-0.2, -0.15) is 5.10 Å². The first-order chi connectivity index (χ1) is 11.1. The zero-order valence-electron chi connectivity index (χ0n) is 11.9. The molecule has 0 radical (unpaired) electrons. The molecule has 0 aliphatic heterocycles. The van der Waals surface area contributed by atoms with Crippen molar-refractivity contribution in [3.05, 3.63) is 73.3 Å². The van der Waals surface area contributed by atoms with Crippen molar-refractivity contribution < 1.29 is 4.92 Å². The van der Waals surface area contributed by atoms with Crippen LogP contribution in [0.3, 0.4) is 0 Å². The van der Waals surface area contributed by atoms with Gasteiger partial charge in [0.1, 0.15) is 0 Å². The third kappa shape index (κ3) is 5.64. The highest BCUT2D eigenvalue weighted by Crippen LogP contribution is 2.18. The van der Waals surface area contributed by atoms with Crippen LogP contribution in [0, 0.1) is 13.7 Å². The molecular weight excluding hydrogens is 427 g/mol. The fraction of sp³-hybridized carbons (Fsp3) is 0.0667. The lowest BCUT2D eigenvalue weighted by atomic mass is 10.2. The van der Waals surface area contributed by atoms with Crippen molar-refractivity contribution in [2.75, 3.05) is 0 Å². The fourth-order valence-corrected chi connectivity index (χ4v) is 2.89. The SMILES string of the molecule is NC(=NN=Cc1ccc([N+](=O)[O-])cc1I)SCc1ccccc1. The largest absolute Gasteiger partial charge is 0.377 e. The van der Waals surface area contributed by atoms with E-state index in [4.69, 9.17) is 5.73 Å². The second kappa shape index (κ2) is 8.63. The smallest absolute Gasteiger partial charge is 0.270 e. The highest BCUT2D eigenvalue weighted by atomic mass is 127. The highest BCUT2D eigenvalue weighted by molar-refractivity contribution is 14.1. The van der Waals surface area contributed by atoms with Gasteiger partial charge in [-0.15, -0.1) is 5.10 Å². The topological polar surface area (TPSA) is 93.9 Å². The van der Waals surface area contributed by atoms with Gasteiger partial charge in [0.15, 0.2) is 5.17 Å². The molecule has 0 fully saturated rings. The van der Waals surface area contributed by atoms with E-state index >= 15 is 0 Å². The molecule has 2 N–H and O–H groups in total. The minimum absolute atomic E-state index is 0.0491. The Balaban J connectivity index is 1.95. The quantitative estimate of drug-likeness (QED) is 0.252. The number of nitrogens with two attached hydrogens (primary N) is 1. The number of rotatable bonds is 5. The Labute approximate surface area is 151 Å². The zero-order valence-corrected chi connectivity index (χ0v) is 14.9. The number of amidine groups is 1. The van der Waals surface area contributed by atoms with Crippen molar-refractivity contribution in [2.45, 2.75) is 5.75 Å². The van der Waals surface area contributed by atoms with Crippen LogP contribution in [-0.4, -0.2) is 16.3 Å². The summed E-state index contributed by atoms with van der Waals surface area (Å²) in [5.74, 6) is 0.723. The van der Waals surface area contributed by atoms with E-state index in [0.29, 0.717) is 5.17 Å². The fourth-order valence-electron chi connectivity index (χ4n) is 1.64. The van der Waals surface area contributed by atoms with Crippen molar-refractivity contribution in [2.24, 2.45) is 15.9 Å². The van der Waals surface area contributed by atoms with Crippen molar-refractivity contribution in [1.29, 1.82) is 0 Å². The van der Waals surface area contributed by atoms with Crippen LogP contribution in [0.4, 0.5) is 5.69 Å². The molecule has 23 heavy (non-hydrogen) atoms. The Kier molecular flexibility index (Phi) is 6.53. The molecule has 2 aromatic carbocycles. The van der Waals surface area contributed by atoms with E-state index in [0.717, 1.165) is 20.4 Å². The van der Waals surface area contributed by atoms with Gasteiger partial charge >= 0.3 is 0 Å². The summed E-state index contributed by atoms with van der Waals surface area (Å²) in [6.45, 7) is 0. The minimum Gasteiger partial charge on any atom is -0.377 e. The van der Waals surface area contributed by atoms with Gasteiger partial charge in [-0.25, -0.2) is 0 Å². The molecule has 0 aliphatic carbocycles. The third-order valence-corrected chi connectivity index (χ3v) is 4.57. The molecule has 8 heteroatoms. The molecule has 2 rings (SSSR count). The predicted octanol–water partition coefficient (Wildman–Crippen LogP) is 3.78. The maximum Gasteiger partial charge on any atom is 0.270 e. The molecule has 0 aliphatic rings. The number of nitrogens with zero attached hydrogens (tertiary/aromatic N) is 3. The van der Waals surface area contributed by atoms with E-state index < -0.39 is 4.92 Å². The lowest BCUT2D eigenvalue weighted by Crippen LogP contribution is -2.06. The summed E-state index contributed by atoms with van der Waals surface area (Å²) in [4.78, 5) is 10.3. The van der Waals surface area contributed by atoms with Crippen LogP contribution in [0.1, 0.15) is 11.1 Å². The molecule has 0 spiro atoms. The Hall–Kier alpha value is -1.94. The van der Waals surface area contributed by atoms with Crippen LogP contribution in [0.5, 0.6) is 0 Å². The molecule has 0 saturated carbocycles. The van der Waals surface area contributed by atoms with Crippen LogP contribution in [-0.2, 0) is 5.75 Å². The molecule has 0 unspecified atom stereocenters. The first-order valence-electron chi connectivity index (χ1n) is 6.53. The maximum absolute atomic E-state index is 10.7. The number of benzene rings is 2. The summed E-state index contributed by atoms with van der Waals surface area (Å²) in [5.41, 5.74) is 7.75. The van der Waals surface area contributed by atoms with Crippen molar-refractivity contribution >= 4 is 51.4 Å². The van der Waals surface area contributed by atoms with Gasteiger partial charge in [-0.3, -0.25) is 10.1 Å². The van der Waals surface area contributed by atoms with Crippen LogP contribution < -0.4 is 5.73 Å². The second-order valence-corrected chi connectivity index (χ2v) is 6.58. The zero-order chi connectivity index (χ0) is 16.7. The number of hydrogen-bond donors (Lipinski definition) is 1. The van der Waals surface area contributed by atoms with Gasteiger partial charge in [0.25, 0.3) is 5.69 Å². The molecule has 0 atom stereocenters. The summed E-state index contributed by atoms with van der Waals surface area (Å²) in [5, 5.41) is 18.9. The Morgan fingerprint density at radius 3 is 2.70 bits per heavy atom. The highest BCUT2D eigenvalue weighted by Gasteiger charge is 2.07. The number of non-ortho nitro benzene ring substituents is 1. The van der Waals surface area contributed by atoms with Gasteiger partial charge in [0.2, 0.25) is 0 Å². The van der Waals surface area contributed by atoms with Gasteiger partial charge in [-0.1, -0.05) is 42.1 Å². The van der Waals surface area contributed by atoms with E-state index in [2.05, 4.69) is 10.2 Å². The van der Waals surface area contributed by atoms with E-state index in [1.807, 2.05) is 52.9 Å². The van der Waals surface area contributed by atoms with Crippen LogP contribution in [0.2, 0.25) is 0 Å². The second-order valence-electron chi connectivity index (χ2n) is 4.42. The summed E-state index contributed by atoms with van der Waals surface area (Å²) < 4.78 is 0.728. The van der Waals surface area contributed by atoms with E-state index in [-0.39, 0.29) is 5.69 Å². The van der Waals surface area contributed by atoms with Crippen LogP contribution in [0.25, 0.3) is 0 Å². The summed E-state index contributed by atoms with van der Waals surface area (Å²) in [6.07, 6.45) is 1.53. The normalized spacial score (nSPS) is 11.8. The summed E-state index contributed by atoms with van der Waals surface area (Å²) in [7, 11) is 0. The van der Waals surface area contributed by atoms with Crippen LogP contribution in [0.15, 0.2) is 58.7 Å². The molecule has 118 valence electrons. The number of halogens is 1. The Morgan fingerprint density at radius 2 is 2.04 bits per heavy atom. The third-order valence-electron chi connectivity index (χ3n) is 2.78. The number of hydrogen-bond acceptors (Lipinski definition) is 5. The lowest BCUT2D eigenvalue weighted by molar-refractivity contribution is -0.384. The monoisotopic (exact) mass is 440 g/mol. The molecule has 0 saturated heterocycles. The Morgan fingerprint density at radius 1 is 1.30 bits per heavy atom. The number of nitro groups is 1. The van der Waals surface area contributed by atoms with Gasteiger partial charge in [0.05, 0.1) is 11.1 Å². The molecular formula is C15H13IN4O2S. The first-order valence-corrected chi connectivity index (χ1v) is 8.60.